The maximum atomic E-state index is 12.4. The molecule has 2 amide bonds. The van der Waals surface area contributed by atoms with Crippen molar-refractivity contribution in [2.24, 2.45) is 0 Å². The summed E-state index contributed by atoms with van der Waals surface area (Å²) in [6, 6.07) is 5.70. The molecule has 0 spiro atoms. The summed E-state index contributed by atoms with van der Waals surface area (Å²) in [7, 11) is 0. The van der Waals surface area contributed by atoms with Crippen molar-refractivity contribution in [1.82, 2.24) is 24.8 Å². The topological polar surface area (TPSA) is 89.8 Å². The third kappa shape index (κ3) is 3.55. The zero-order valence-electron chi connectivity index (χ0n) is 15.9. The summed E-state index contributed by atoms with van der Waals surface area (Å²) in [6.07, 6.45) is 6.75. The van der Waals surface area contributed by atoms with E-state index in [1.807, 2.05) is 29.3 Å². The second-order valence-corrected chi connectivity index (χ2v) is 7.45. The van der Waals surface area contributed by atoms with Gasteiger partial charge in [0.15, 0.2) is 11.5 Å². The SMILES string of the molecule is O=C(/C=C/c1ccc2c(c1)OCO2)N1CC(n2cc(CN3CCCC3=O)nn2)C1. The lowest BCUT2D eigenvalue weighted by molar-refractivity contribution is -0.131. The zero-order valence-corrected chi connectivity index (χ0v) is 15.9. The van der Waals surface area contributed by atoms with Crippen LogP contribution in [0.3, 0.4) is 0 Å². The molecule has 0 atom stereocenters. The van der Waals surface area contributed by atoms with Crippen molar-refractivity contribution in [1.29, 1.82) is 0 Å². The average Bonchev–Trinajstić information content (AvgIpc) is 3.41. The van der Waals surface area contributed by atoms with Gasteiger partial charge in [-0.2, -0.15) is 0 Å². The summed E-state index contributed by atoms with van der Waals surface area (Å²) in [5.74, 6) is 1.55. The smallest absolute Gasteiger partial charge is 0.246 e. The lowest BCUT2D eigenvalue weighted by atomic mass is 10.1. The van der Waals surface area contributed by atoms with Crippen LogP contribution in [0.15, 0.2) is 30.5 Å². The predicted octanol–water partition coefficient (Wildman–Crippen LogP) is 1.23. The molecular weight excluding hydrogens is 374 g/mol. The summed E-state index contributed by atoms with van der Waals surface area (Å²) in [5, 5.41) is 8.34. The van der Waals surface area contributed by atoms with E-state index in [1.54, 1.807) is 21.7 Å². The largest absolute Gasteiger partial charge is 0.454 e. The molecule has 150 valence electrons. The molecule has 0 aliphatic carbocycles. The lowest BCUT2D eigenvalue weighted by Crippen LogP contribution is -2.50. The van der Waals surface area contributed by atoms with Crippen molar-refractivity contribution in [2.45, 2.75) is 25.4 Å². The minimum atomic E-state index is -0.0399. The summed E-state index contributed by atoms with van der Waals surface area (Å²) in [5.41, 5.74) is 1.67. The van der Waals surface area contributed by atoms with Crippen LogP contribution in [0.4, 0.5) is 0 Å². The quantitative estimate of drug-likeness (QED) is 0.708. The Morgan fingerprint density at radius 2 is 2.10 bits per heavy atom. The fourth-order valence-electron chi connectivity index (χ4n) is 3.72. The first-order chi connectivity index (χ1) is 14.2. The van der Waals surface area contributed by atoms with Crippen LogP contribution in [0.25, 0.3) is 6.08 Å². The van der Waals surface area contributed by atoms with Gasteiger partial charge in [0.25, 0.3) is 0 Å². The number of benzene rings is 1. The number of carbonyl (C=O) groups excluding carboxylic acids is 2. The van der Waals surface area contributed by atoms with E-state index >= 15 is 0 Å². The third-order valence-corrected chi connectivity index (χ3v) is 5.45. The van der Waals surface area contributed by atoms with Gasteiger partial charge in [0.1, 0.15) is 5.69 Å². The molecular formula is C20H21N5O4. The Hall–Kier alpha value is -3.36. The summed E-state index contributed by atoms with van der Waals surface area (Å²) in [4.78, 5) is 27.7. The van der Waals surface area contributed by atoms with Gasteiger partial charge in [-0.1, -0.05) is 11.3 Å². The van der Waals surface area contributed by atoms with E-state index in [1.165, 1.54) is 0 Å². The second-order valence-electron chi connectivity index (χ2n) is 7.45. The first-order valence-corrected chi connectivity index (χ1v) is 9.71. The van der Waals surface area contributed by atoms with Crippen molar-refractivity contribution < 1.29 is 19.1 Å². The van der Waals surface area contributed by atoms with Crippen molar-refractivity contribution in [3.63, 3.8) is 0 Å². The highest BCUT2D eigenvalue weighted by Crippen LogP contribution is 2.32. The van der Waals surface area contributed by atoms with Crippen molar-refractivity contribution >= 4 is 17.9 Å². The fraction of sp³-hybridized carbons (Fsp3) is 0.400. The molecule has 0 bridgehead atoms. The van der Waals surface area contributed by atoms with Crippen LogP contribution >= 0.6 is 0 Å². The molecule has 3 aliphatic heterocycles. The van der Waals surface area contributed by atoms with E-state index in [0.717, 1.165) is 30.0 Å². The van der Waals surface area contributed by atoms with Crippen LogP contribution in [0.2, 0.25) is 0 Å². The van der Waals surface area contributed by atoms with E-state index in [2.05, 4.69) is 10.3 Å². The number of hydrogen-bond acceptors (Lipinski definition) is 6. The molecule has 5 rings (SSSR count). The molecule has 9 nitrogen and oxygen atoms in total. The highest BCUT2D eigenvalue weighted by atomic mass is 16.7. The minimum Gasteiger partial charge on any atom is -0.454 e. The zero-order chi connectivity index (χ0) is 19.8. The number of nitrogens with zero attached hydrogens (tertiary/aromatic N) is 5. The fourth-order valence-corrected chi connectivity index (χ4v) is 3.72. The van der Waals surface area contributed by atoms with Gasteiger partial charge in [0, 0.05) is 32.1 Å². The number of rotatable bonds is 5. The number of aromatic nitrogens is 3. The van der Waals surface area contributed by atoms with Gasteiger partial charge in [0.05, 0.1) is 18.8 Å². The number of amides is 2. The Morgan fingerprint density at radius 1 is 1.24 bits per heavy atom. The molecule has 29 heavy (non-hydrogen) atoms. The summed E-state index contributed by atoms with van der Waals surface area (Å²) < 4.78 is 12.4. The molecule has 1 aromatic heterocycles. The van der Waals surface area contributed by atoms with E-state index in [9.17, 15) is 9.59 Å². The Kier molecular flexibility index (Phi) is 4.42. The van der Waals surface area contributed by atoms with Crippen LogP contribution in [-0.2, 0) is 16.1 Å². The molecule has 0 N–H and O–H groups in total. The standard InChI is InChI=1S/C20H21N5O4/c26-19-2-1-7-23(19)9-15-10-25(22-21-15)16-11-24(12-16)20(27)6-4-14-3-5-17-18(8-14)29-13-28-17/h3-6,8,10,16H,1-2,7,9,11-13H2/b6-4+. The van der Waals surface area contributed by atoms with E-state index in [4.69, 9.17) is 9.47 Å². The van der Waals surface area contributed by atoms with Gasteiger partial charge in [0.2, 0.25) is 18.6 Å². The number of likely N-dealkylation sites (tertiary alicyclic amines) is 2. The number of fused-ring (bicyclic) bond motifs is 1. The number of ether oxygens (including phenoxy) is 2. The molecule has 1 aromatic carbocycles. The predicted molar refractivity (Wildman–Crippen MR) is 102 cm³/mol. The minimum absolute atomic E-state index is 0.0399. The van der Waals surface area contributed by atoms with Crippen LogP contribution in [-0.4, -0.2) is 63.0 Å². The molecule has 2 fully saturated rings. The van der Waals surface area contributed by atoms with Gasteiger partial charge >= 0.3 is 0 Å². The van der Waals surface area contributed by atoms with Crippen molar-refractivity contribution in [3.8, 4) is 11.5 Å². The normalized spacial score (nSPS) is 18.7. The third-order valence-electron chi connectivity index (χ3n) is 5.45. The Labute approximate surface area is 167 Å². The molecule has 2 saturated heterocycles. The van der Waals surface area contributed by atoms with Crippen LogP contribution in [0.1, 0.15) is 30.1 Å². The summed E-state index contributed by atoms with van der Waals surface area (Å²) >= 11 is 0. The molecule has 4 heterocycles. The van der Waals surface area contributed by atoms with Gasteiger partial charge in [-0.05, 0) is 30.2 Å². The molecule has 3 aliphatic rings. The van der Waals surface area contributed by atoms with Crippen molar-refractivity contribution in [2.75, 3.05) is 26.4 Å². The van der Waals surface area contributed by atoms with Gasteiger partial charge in [-0.25, -0.2) is 4.68 Å². The Balaban J connectivity index is 1.14. The molecule has 0 radical (unpaired) electrons. The first kappa shape index (κ1) is 17.7. The van der Waals surface area contributed by atoms with E-state index in [-0.39, 0.29) is 24.6 Å². The van der Waals surface area contributed by atoms with E-state index < -0.39 is 0 Å². The van der Waals surface area contributed by atoms with Crippen molar-refractivity contribution in [3.05, 3.63) is 41.7 Å². The molecule has 2 aromatic rings. The maximum absolute atomic E-state index is 12.4. The van der Waals surface area contributed by atoms with E-state index in [0.29, 0.717) is 31.8 Å². The van der Waals surface area contributed by atoms with Gasteiger partial charge in [-0.3, -0.25) is 9.59 Å². The number of hydrogen-bond donors (Lipinski definition) is 0. The monoisotopic (exact) mass is 395 g/mol. The highest BCUT2D eigenvalue weighted by molar-refractivity contribution is 5.92. The summed E-state index contributed by atoms with van der Waals surface area (Å²) in [6.45, 7) is 2.71. The van der Waals surface area contributed by atoms with Gasteiger partial charge < -0.3 is 19.3 Å². The molecule has 9 heteroatoms. The number of carbonyl (C=O) groups is 2. The highest BCUT2D eigenvalue weighted by Gasteiger charge is 2.32. The van der Waals surface area contributed by atoms with Crippen LogP contribution in [0, 0.1) is 0 Å². The lowest BCUT2D eigenvalue weighted by Gasteiger charge is -2.38. The van der Waals surface area contributed by atoms with Gasteiger partial charge in [-0.15, -0.1) is 5.10 Å². The van der Waals surface area contributed by atoms with Crippen LogP contribution < -0.4 is 9.47 Å². The molecule has 0 saturated carbocycles. The second kappa shape index (κ2) is 7.23. The first-order valence-electron chi connectivity index (χ1n) is 9.71. The average molecular weight is 395 g/mol. The van der Waals surface area contributed by atoms with Crippen LogP contribution in [0.5, 0.6) is 11.5 Å². The maximum Gasteiger partial charge on any atom is 0.246 e. The Morgan fingerprint density at radius 3 is 2.93 bits per heavy atom. The molecule has 0 unspecified atom stereocenters. The Bertz CT molecular complexity index is 979.